The van der Waals surface area contributed by atoms with Crippen LogP contribution in [0.15, 0.2) is 0 Å². The molecule has 0 aliphatic carbocycles. The molecule has 98 valence electrons. The minimum Gasteiger partial charge on any atom is -0.314 e. The molecule has 1 atom stereocenters. The van der Waals surface area contributed by atoms with Crippen molar-refractivity contribution in [2.75, 3.05) is 12.3 Å². The molecule has 3 heteroatoms. The number of hydrogen-bond donors (Lipinski definition) is 1. The van der Waals surface area contributed by atoms with Gasteiger partial charge in [-0.25, -0.2) is 0 Å². The van der Waals surface area contributed by atoms with Crippen molar-refractivity contribution in [1.82, 2.24) is 5.32 Å². The second kappa shape index (κ2) is 9.06. The fourth-order valence-corrected chi connectivity index (χ4v) is 2.89. The van der Waals surface area contributed by atoms with Crippen molar-refractivity contribution in [3.8, 4) is 0 Å². The van der Waals surface area contributed by atoms with Crippen LogP contribution in [0, 0.1) is 5.92 Å². The molecular weight excluding hydrogens is 218 g/mol. The number of Topliss-reactive ketones (excluding diaryl/α,β-unsaturated/α-hetero) is 1. The lowest BCUT2D eigenvalue weighted by molar-refractivity contribution is -0.118. The van der Waals surface area contributed by atoms with E-state index >= 15 is 0 Å². The average Bonchev–Trinajstić information content (AvgIpc) is 2.20. The maximum absolute atomic E-state index is 11.7. The Hall–Kier alpha value is -0.0200. The Labute approximate surface area is 106 Å². The van der Waals surface area contributed by atoms with Crippen LogP contribution in [0.2, 0.25) is 0 Å². The van der Waals surface area contributed by atoms with Crippen molar-refractivity contribution in [3.63, 3.8) is 0 Å². The molecule has 0 fully saturated rings. The van der Waals surface area contributed by atoms with E-state index in [4.69, 9.17) is 0 Å². The van der Waals surface area contributed by atoms with Crippen molar-refractivity contribution in [2.45, 2.75) is 58.8 Å². The summed E-state index contributed by atoms with van der Waals surface area (Å²) in [4.78, 5) is 11.7. The maximum Gasteiger partial charge on any atom is 0.145 e. The van der Waals surface area contributed by atoms with Crippen LogP contribution in [-0.4, -0.2) is 29.4 Å². The van der Waals surface area contributed by atoms with Crippen LogP contribution in [0.5, 0.6) is 0 Å². The molecule has 0 heterocycles. The Balaban J connectivity index is 0. The van der Waals surface area contributed by atoms with Gasteiger partial charge in [-0.05, 0) is 12.3 Å². The molecule has 0 aromatic heterocycles. The summed E-state index contributed by atoms with van der Waals surface area (Å²) >= 11 is 1.81. The lowest BCUT2D eigenvalue weighted by Gasteiger charge is -2.17. The van der Waals surface area contributed by atoms with Gasteiger partial charge in [0, 0.05) is 26.2 Å². The highest BCUT2D eigenvalue weighted by atomic mass is 32.2. The van der Waals surface area contributed by atoms with Gasteiger partial charge < -0.3 is 5.32 Å². The molecule has 0 aromatic rings. The third-order valence-corrected chi connectivity index (χ3v) is 3.66. The van der Waals surface area contributed by atoms with Crippen LogP contribution in [-0.2, 0) is 4.79 Å². The fourth-order valence-electron chi connectivity index (χ4n) is 1.50. The van der Waals surface area contributed by atoms with E-state index in [1.807, 2.05) is 18.7 Å². The summed E-state index contributed by atoms with van der Waals surface area (Å²) in [7, 11) is 0. The number of hydrogen-bond acceptors (Lipinski definition) is 3. The van der Waals surface area contributed by atoms with E-state index in [9.17, 15) is 4.79 Å². The Morgan fingerprint density at radius 3 is 2.38 bits per heavy atom. The standard InChI is InChI=1S/C13H27NOS.H2/c1-6-12(15)13(9-10(2)3)16-8-7-14-11(4)5;/h10-11,13-14H,6-9H2,1-5H3;1H/t13-;/m1./s1. The van der Waals surface area contributed by atoms with Crippen LogP contribution in [0.3, 0.4) is 0 Å². The molecule has 0 spiro atoms. The lowest BCUT2D eigenvalue weighted by atomic mass is 10.0. The minimum absolute atomic E-state index is 0. The number of ketones is 1. The van der Waals surface area contributed by atoms with Gasteiger partial charge in [-0.3, -0.25) is 4.79 Å². The molecule has 0 aliphatic heterocycles. The van der Waals surface area contributed by atoms with E-state index in [1.54, 1.807) is 0 Å². The first kappa shape index (κ1) is 16.0. The zero-order valence-electron chi connectivity index (χ0n) is 11.4. The van der Waals surface area contributed by atoms with E-state index in [0.29, 0.717) is 24.2 Å². The molecule has 2 nitrogen and oxygen atoms in total. The van der Waals surface area contributed by atoms with Crippen LogP contribution in [0.4, 0.5) is 0 Å². The van der Waals surface area contributed by atoms with Gasteiger partial charge in [0.05, 0.1) is 5.25 Å². The van der Waals surface area contributed by atoms with Gasteiger partial charge in [-0.15, -0.1) is 11.8 Å². The van der Waals surface area contributed by atoms with Crippen molar-refractivity contribution in [1.29, 1.82) is 0 Å². The molecule has 0 saturated heterocycles. The van der Waals surface area contributed by atoms with Crippen molar-refractivity contribution in [3.05, 3.63) is 0 Å². The van der Waals surface area contributed by atoms with Crippen molar-refractivity contribution >= 4 is 17.5 Å². The molecule has 0 amide bonds. The van der Waals surface area contributed by atoms with E-state index in [-0.39, 0.29) is 6.68 Å². The Morgan fingerprint density at radius 1 is 1.31 bits per heavy atom. The number of rotatable bonds is 9. The second-order valence-corrected chi connectivity index (χ2v) is 6.23. The molecule has 1 N–H and O–H groups in total. The number of carbonyl (C=O) groups excluding carboxylic acids is 1. The highest BCUT2D eigenvalue weighted by Crippen LogP contribution is 2.21. The topological polar surface area (TPSA) is 29.1 Å². The van der Waals surface area contributed by atoms with Crippen LogP contribution < -0.4 is 5.32 Å². The summed E-state index contributed by atoms with van der Waals surface area (Å²) in [6.45, 7) is 11.6. The van der Waals surface area contributed by atoms with E-state index in [2.05, 4.69) is 33.0 Å². The zero-order chi connectivity index (χ0) is 12.6. The summed E-state index contributed by atoms with van der Waals surface area (Å²) < 4.78 is 0. The van der Waals surface area contributed by atoms with Crippen LogP contribution in [0.25, 0.3) is 0 Å². The fraction of sp³-hybridized carbons (Fsp3) is 0.923. The smallest absolute Gasteiger partial charge is 0.145 e. The molecule has 0 radical (unpaired) electrons. The summed E-state index contributed by atoms with van der Waals surface area (Å²) in [6, 6.07) is 0.533. The van der Waals surface area contributed by atoms with Crippen LogP contribution in [0.1, 0.15) is 48.9 Å². The minimum atomic E-state index is 0. The van der Waals surface area contributed by atoms with Gasteiger partial charge in [0.25, 0.3) is 0 Å². The molecular formula is C13H29NOS. The van der Waals surface area contributed by atoms with Crippen molar-refractivity contribution < 1.29 is 6.22 Å². The molecule has 0 bridgehead atoms. The van der Waals surface area contributed by atoms with Gasteiger partial charge in [0.2, 0.25) is 0 Å². The third-order valence-electron chi connectivity index (χ3n) is 2.37. The Kier molecular flexibility index (Phi) is 9.04. The molecule has 0 aromatic carbocycles. The molecule has 0 rings (SSSR count). The Bertz CT molecular complexity index is 198. The average molecular weight is 247 g/mol. The van der Waals surface area contributed by atoms with E-state index in [1.165, 1.54) is 0 Å². The summed E-state index contributed by atoms with van der Waals surface area (Å²) in [6.07, 6.45) is 1.68. The quantitative estimate of drug-likeness (QED) is 0.634. The SMILES string of the molecule is CCC(=O)[C@@H](CC(C)C)SCCNC(C)C.[HH]. The summed E-state index contributed by atoms with van der Waals surface area (Å²) in [5, 5.41) is 3.59. The van der Waals surface area contributed by atoms with Crippen molar-refractivity contribution in [2.24, 2.45) is 5.92 Å². The predicted molar refractivity (Wildman–Crippen MR) is 76.3 cm³/mol. The third kappa shape index (κ3) is 8.17. The number of nitrogens with one attached hydrogen (secondary N) is 1. The first-order chi connectivity index (χ1) is 7.47. The largest absolute Gasteiger partial charge is 0.314 e. The normalized spacial score (nSPS) is 13.4. The van der Waals surface area contributed by atoms with Crippen LogP contribution >= 0.6 is 11.8 Å². The molecule has 0 aliphatic rings. The first-order valence-corrected chi connectivity index (χ1v) is 7.39. The van der Waals surface area contributed by atoms with Gasteiger partial charge in [-0.1, -0.05) is 34.6 Å². The van der Waals surface area contributed by atoms with Gasteiger partial charge in [-0.2, -0.15) is 0 Å². The first-order valence-electron chi connectivity index (χ1n) is 6.35. The Morgan fingerprint density at radius 2 is 1.94 bits per heavy atom. The predicted octanol–water partition coefficient (Wildman–Crippen LogP) is 3.36. The van der Waals surface area contributed by atoms with E-state index in [0.717, 1.165) is 18.7 Å². The lowest BCUT2D eigenvalue weighted by Crippen LogP contribution is -2.27. The zero-order valence-corrected chi connectivity index (χ0v) is 12.2. The van der Waals surface area contributed by atoms with Gasteiger partial charge in [0.1, 0.15) is 5.78 Å². The molecule has 0 saturated carbocycles. The summed E-state index contributed by atoms with van der Waals surface area (Å²) in [5.74, 6) is 2.04. The maximum atomic E-state index is 11.7. The second-order valence-electron chi connectivity index (χ2n) is 4.92. The van der Waals surface area contributed by atoms with Gasteiger partial charge in [0.15, 0.2) is 0 Å². The highest BCUT2D eigenvalue weighted by molar-refractivity contribution is 8.00. The number of carbonyl (C=O) groups is 1. The number of thioether (sulfide) groups is 1. The molecule has 0 unspecified atom stereocenters. The monoisotopic (exact) mass is 247 g/mol. The van der Waals surface area contributed by atoms with Gasteiger partial charge >= 0.3 is 0 Å². The summed E-state index contributed by atoms with van der Waals surface area (Å²) in [5.41, 5.74) is 0. The highest BCUT2D eigenvalue weighted by Gasteiger charge is 2.18. The van der Waals surface area contributed by atoms with E-state index < -0.39 is 0 Å². The molecule has 16 heavy (non-hydrogen) atoms.